The van der Waals surface area contributed by atoms with Gasteiger partial charge in [0.05, 0.1) is 25.9 Å². The van der Waals surface area contributed by atoms with Gasteiger partial charge >= 0.3 is 5.97 Å². The molecule has 262 valence electrons. The largest absolute Gasteiger partial charge is 0.490 e. The molecule has 46 heavy (non-hydrogen) atoms. The number of para-hydroxylation sites is 1. The van der Waals surface area contributed by atoms with Crippen molar-refractivity contribution in [1.82, 2.24) is 5.48 Å². The molecule has 0 spiro atoms. The molecule has 0 radical (unpaired) electrons. The summed E-state index contributed by atoms with van der Waals surface area (Å²) in [7, 11) is -2.82. The summed E-state index contributed by atoms with van der Waals surface area (Å²) in [6.45, 7) is 22.7. The third-order valence-corrected chi connectivity index (χ3v) is 19.2. The topological polar surface area (TPSA) is 86.3 Å². The van der Waals surface area contributed by atoms with E-state index in [1.165, 1.54) is 13.2 Å². The van der Waals surface area contributed by atoms with Crippen molar-refractivity contribution in [2.24, 2.45) is 11.8 Å². The van der Waals surface area contributed by atoms with E-state index in [-0.39, 0.29) is 57.7 Å². The van der Waals surface area contributed by atoms with Gasteiger partial charge in [0.15, 0.2) is 28.2 Å². The first-order valence-corrected chi connectivity index (χ1v) is 22.7. The monoisotopic (exact) mass is 679 g/mol. The normalized spacial score (nSPS) is 22.1. The summed E-state index contributed by atoms with van der Waals surface area (Å²) in [5.41, 5.74) is 2.61. The maximum absolute atomic E-state index is 14.2. The Kier molecular flexibility index (Phi) is 15.4. The van der Waals surface area contributed by atoms with E-state index in [1.54, 1.807) is 18.2 Å². The highest BCUT2D eigenvalue weighted by atomic mass is 28.4. The molecule has 2 N–H and O–H groups in total. The van der Waals surface area contributed by atoms with E-state index < -0.39 is 16.6 Å². The van der Waals surface area contributed by atoms with E-state index in [1.807, 2.05) is 0 Å². The van der Waals surface area contributed by atoms with E-state index >= 15 is 0 Å². The van der Waals surface area contributed by atoms with Crippen LogP contribution in [0.4, 0.5) is 4.39 Å². The number of hydroxylamine groups is 1. The average Bonchev–Trinajstić information content (AvgIpc) is 3.28. The van der Waals surface area contributed by atoms with Gasteiger partial charge in [-0.2, -0.15) is 0 Å². The van der Waals surface area contributed by atoms with Crippen LogP contribution in [0.25, 0.3) is 0 Å². The summed E-state index contributed by atoms with van der Waals surface area (Å²) in [5.74, 6) is -0.200. The Balaban J connectivity index is 2.34. The summed E-state index contributed by atoms with van der Waals surface area (Å²) < 4.78 is 38.7. The number of allylic oxidation sites excluding steroid dienone is 2. The number of hydrogen-bond donors (Lipinski definition) is 2. The highest BCUT2D eigenvalue weighted by Gasteiger charge is 2.47. The lowest BCUT2D eigenvalue weighted by atomic mass is 9.89. The summed E-state index contributed by atoms with van der Waals surface area (Å²) in [6, 6.07) is 6.28. The first-order chi connectivity index (χ1) is 21.3. The fourth-order valence-electron chi connectivity index (χ4n) is 5.23. The molecular formula is C36H62FNO6Si2. The lowest BCUT2D eigenvalue weighted by Gasteiger charge is -2.40. The van der Waals surface area contributed by atoms with Crippen LogP contribution in [-0.4, -0.2) is 59.8 Å². The quantitative estimate of drug-likeness (QED) is 0.0558. The molecule has 1 unspecified atom stereocenters. The number of carbonyl (C=O) groups excluding carboxylic acids is 1. The van der Waals surface area contributed by atoms with Crippen LogP contribution in [0.1, 0.15) is 80.1 Å². The number of carbonyl (C=O) groups is 1. The molecular weight excluding hydrogens is 618 g/mol. The fraction of sp³-hybridized carbons (Fsp3) is 0.694. The van der Waals surface area contributed by atoms with Gasteiger partial charge < -0.3 is 23.5 Å². The molecule has 7 nitrogen and oxygen atoms in total. The van der Waals surface area contributed by atoms with Gasteiger partial charge in [-0.15, -0.1) is 0 Å². The predicted octanol–water partition coefficient (Wildman–Crippen LogP) is 9.20. The molecule has 0 aromatic heterocycles. The number of halogens is 1. The molecule has 1 aliphatic rings. The summed E-state index contributed by atoms with van der Waals surface area (Å²) >= 11 is 0. The Labute approximate surface area is 280 Å². The van der Waals surface area contributed by atoms with Crippen LogP contribution in [-0.2, 0) is 18.4 Å². The van der Waals surface area contributed by atoms with E-state index in [9.17, 15) is 14.4 Å². The summed E-state index contributed by atoms with van der Waals surface area (Å²) in [6.07, 6.45) is 12.4. The van der Waals surface area contributed by atoms with Crippen LogP contribution in [0, 0.1) is 17.7 Å². The molecule has 0 heterocycles. The van der Waals surface area contributed by atoms with E-state index in [0.717, 1.165) is 19.3 Å². The second-order valence-electron chi connectivity index (χ2n) is 15.7. The van der Waals surface area contributed by atoms with E-state index in [2.05, 4.69) is 97.5 Å². The lowest BCUT2D eigenvalue weighted by Crippen LogP contribution is -2.45. The first-order valence-electron chi connectivity index (χ1n) is 16.9. The Hall–Kier alpha value is -1.83. The summed E-state index contributed by atoms with van der Waals surface area (Å²) in [5, 5.41) is 10.4. The van der Waals surface area contributed by atoms with Crippen LogP contribution in [0.15, 0.2) is 48.6 Å². The third-order valence-electron chi connectivity index (χ3n) is 10.2. The zero-order chi connectivity index (χ0) is 34.8. The van der Waals surface area contributed by atoms with Gasteiger partial charge in [-0.1, -0.05) is 78.0 Å². The molecule has 1 fully saturated rings. The molecule has 1 aromatic rings. The van der Waals surface area contributed by atoms with Crippen molar-refractivity contribution < 1.29 is 32.7 Å². The van der Waals surface area contributed by atoms with Gasteiger partial charge in [-0.3, -0.25) is 4.79 Å². The number of nitrogens with one attached hydrogen (secondary N) is 1. The van der Waals surface area contributed by atoms with Gasteiger partial charge in [-0.25, -0.2) is 9.87 Å². The van der Waals surface area contributed by atoms with E-state index in [0.29, 0.717) is 25.9 Å². The number of esters is 1. The molecule has 0 aliphatic heterocycles. The van der Waals surface area contributed by atoms with Gasteiger partial charge in [0.1, 0.15) is 0 Å². The maximum atomic E-state index is 14.2. The van der Waals surface area contributed by atoms with Crippen molar-refractivity contribution in [3.63, 3.8) is 0 Å². The molecule has 5 atom stereocenters. The number of hydrogen-bond acceptors (Lipinski definition) is 7. The average molecular weight is 680 g/mol. The predicted molar refractivity (Wildman–Crippen MR) is 190 cm³/mol. The highest BCUT2D eigenvalue weighted by molar-refractivity contribution is 6.74. The van der Waals surface area contributed by atoms with Crippen molar-refractivity contribution in [1.29, 1.82) is 0 Å². The highest BCUT2D eigenvalue weighted by Crippen LogP contribution is 2.44. The Morgan fingerprint density at radius 1 is 1.07 bits per heavy atom. The number of methoxy groups -OCH3 is 1. The number of ether oxygens (including phenoxy) is 2. The Morgan fingerprint density at radius 2 is 1.72 bits per heavy atom. The van der Waals surface area contributed by atoms with Crippen molar-refractivity contribution in [3.05, 3.63) is 54.4 Å². The Bertz CT molecular complexity index is 1140. The SMILES string of the molecule is COC(=O)CCCC=CC[C@H]1[C@@H](O[Si](C)(C)C(C)(C)C)CC(NO)[C@@H]1C=C[C@H](CCOc1ccccc1F)O[Si](C)(C)C(C)(C)C. The van der Waals surface area contributed by atoms with Gasteiger partial charge in [-0.05, 0) is 80.0 Å². The van der Waals surface area contributed by atoms with Crippen LogP contribution in [0.2, 0.25) is 36.3 Å². The number of benzene rings is 1. The molecule has 0 bridgehead atoms. The minimum absolute atomic E-state index is 0.00232. The minimum Gasteiger partial charge on any atom is -0.490 e. The molecule has 1 saturated carbocycles. The second-order valence-corrected chi connectivity index (χ2v) is 25.2. The smallest absolute Gasteiger partial charge is 0.305 e. The molecule has 10 heteroatoms. The Morgan fingerprint density at radius 3 is 2.30 bits per heavy atom. The van der Waals surface area contributed by atoms with Crippen LogP contribution in [0.5, 0.6) is 5.75 Å². The number of unbranched alkanes of at least 4 members (excludes halogenated alkanes) is 1. The van der Waals surface area contributed by atoms with Gasteiger partial charge in [0.25, 0.3) is 0 Å². The molecule has 1 aliphatic carbocycles. The first kappa shape index (κ1) is 40.3. The zero-order valence-electron chi connectivity index (χ0n) is 30.3. The van der Waals surface area contributed by atoms with Crippen LogP contribution >= 0.6 is 0 Å². The minimum atomic E-state index is -2.15. The molecule has 2 rings (SSSR count). The maximum Gasteiger partial charge on any atom is 0.305 e. The van der Waals surface area contributed by atoms with Crippen LogP contribution < -0.4 is 10.2 Å². The van der Waals surface area contributed by atoms with Gasteiger partial charge in [0, 0.05) is 24.8 Å². The second kappa shape index (κ2) is 17.5. The zero-order valence-corrected chi connectivity index (χ0v) is 32.3. The van der Waals surface area contributed by atoms with Crippen LogP contribution in [0.3, 0.4) is 0 Å². The third kappa shape index (κ3) is 12.0. The fourth-order valence-corrected chi connectivity index (χ4v) is 7.92. The van der Waals surface area contributed by atoms with Crippen molar-refractivity contribution >= 4 is 22.6 Å². The summed E-state index contributed by atoms with van der Waals surface area (Å²) in [4.78, 5) is 11.5. The lowest BCUT2D eigenvalue weighted by molar-refractivity contribution is -0.140. The van der Waals surface area contributed by atoms with Crippen molar-refractivity contribution in [3.8, 4) is 5.75 Å². The molecule has 0 amide bonds. The van der Waals surface area contributed by atoms with Gasteiger partial charge in [0.2, 0.25) is 0 Å². The molecule has 0 saturated heterocycles. The van der Waals surface area contributed by atoms with Crippen molar-refractivity contribution in [2.75, 3.05) is 13.7 Å². The molecule has 1 aromatic carbocycles. The number of rotatable bonds is 17. The van der Waals surface area contributed by atoms with E-state index in [4.69, 9.17) is 18.3 Å². The standard InChI is InChI=1S/C36H62FNO6Si2/c1-35(2,3)45(8,9)43-27(24-25-42-32-20-17-16-19-30(32)37)22-23-28-29(18-14-12-13-15-21-34(39)41-7)33(26-31(28)38-40)44-46(10,11)36(4,5)6/h12,14,16-17,19-20,22-23,27-29,31,33,38,40H,13,15,18,21,24-26H2,1-11H3/t27-,28-,29-,31?,33+/m1/s1. The van der Waals surface area contributed by atoms with Crippen molar-refractivity contribution in [2.45, 2.75) is 135 Å².